The summed E-state index contributed by atoms with van der Waals surface area (Å²) in [6.45, 7) is 1.85. The molecular weight excluding hydrogens is 299 g/mol. The van der Waals surface area contributed by atoms with Crippen molar-refractivity contribution < 1.29 is 4.79 Å². The third-order valence-electron chi connectivity index (χ3n) is 2.70. The van der Waals surface area contributed by atoms with E-state index in [1.54, 1.807) is 29.5 Å². The maximum Gasteiger partial charge on any atom is 0.185 e. The molecular formula is C15H12Cl2OS. The Labute approximate surface area is 126 Å². The molecule has 0 saturated heterocycles. The van der Waals surface area contributed by atoms with Crippen LogP contribution in [0.4, 0.5) is 0 Å². The molecule has 2 aromatic rings. The van der Waals surface area contributed by atoms with Crippen molar-refractivity contribution in [2.75, 3.05) is 0 Å². The highest BCUT2D eigenvalue weighted by Gasteiger charge is 2.09. The van der Waals surface area contributed by atoms with Crippen LogP contribution in [0.25, 0.3) is 0 Å². The van der Waals surface area contributed by atoms with E-state index in [4.69, 9.17) is 23.2 Å². The zero-order valence-electron chi connectivity index (χ0n) is 10.3. The first-order chi connectivity index (χ1) is 9.08. The van der Waals surface area contributed by atoms with E-state index in [2.05, 4.69) is 0 Å². The van der Waals surface area contributed by atoms with Gasteiger partial charge in [0, 0.05) is 16.9 Å². The smallest absolute Gasteiger partial charge is 0.185 e. The van der Waals surface area contributed by atoms with Crippen molar-refractivity contribution in [1.29, 1.82) is 0 Å². The molecule has 0 aliphatic rings. The molecule has 0 unspecified atom stereocenters. The van der Waals surface area contributed by atoms with Crippen LogP contribution in [0.2, 0.25) is 10.0 Å². The molecule has 0 fully saturated rings. The minimum atomic E-state index is -0.0485. The van der Waals surface area contributed by atoms with Gasteiger partial charge in [0.15, 0.2) is 5.78 Å². The fourth-order valence-corrected chi connectivity index (χ4v) is 2.78. The fraction of sp³-hybridized carbons (Fsp3) is 0.133. The first kappa shape index (κ1) is 14.3. The van der Waals surface area contributed by atoms with Gasteiger partial charge in [-0.05, 0) is 42.1 Å². The standard InChI is InChI=1S/C15H12Cl2OS/c1-10-8-13(16)14(17)9-12(10)15(18)6-2-4-11-5-3-7-19-11/h2-3,5-9H,4H2,1H3. The second-order valence-electron chi connectivity index (χ2n) is 4.13. The summed E-state index contributed by atoms with van der Waals surface area (Å²) in [5.41, 5.74) is 1.43. The molecule has 0 radical (unpaired) electrons. The van der Waals surface area contributed by atoms with Gasteiger partial charge in [-0.2, -0.15) is 0 Å². The monoisotopic (exact) mass is 310 g/mol. The number of benzene rings is 1. The molecule has 0 aliphatic carbocycles. The Morgan fingerprint density at radius 2 is 2.05 bits per heavy atom. The second kappa shape index (κ2) is 6.38. The van der Waals surface area contributed by atoms with Crippen LogP contribution in [0, 0.1) is 6.92 Å². The van der Waals surface area contributed by atoms with Gasteiger partial charge < -0.3 is 0 Å². The lowest BCUT2D eigenvalue weighted by Crippen LogP contribution is -1.98. The zero-order chi connectivity index (χ0) is 13.8. The molecule has 1 aromatic carbocycles. The van der Waals surface area contributed by atoms with Gasteiger partial charge in [0.05, 0.1) is 10.0 Å². The third-order valence-corrected chi connectivity index (χ3v) is 4.32. The van der Waals surface area contributed by atoms with Gasteiger partial charge in [-0.1, -0.05) is 35.3 Å². The maximum atomic E-state index is 12.1. The first-order valence-corrected chi connectivity index (χ1v) is 7.40. The normalized spacial score (nSPS) is 11.1. The summed E-state index contributed by atoms with van der Waals surface area (Å²) in [4.78, 5) is 13.3. The lowest BCUT2D eigenvalue weighted by Gasteiger charge is -2.04. The van der Waals surface area contributed by atoms with Crippen molar-refractivity contribution in [3.05, 3.63) is 67.8 Å². The van der Waals surface area contributed by atoms with E-state index >= 15 is 0 Å². The van der Waals surface area contributed by atoms with Crippen LogP contribution in [-0.2, 0) is 6.42 Å². The average molecular weight is 311 g/mol. The third kappa shape index (κ3) is 3.69. The van der Waals surface area contributed by atoms with Crippen LogP contribution in [0.1, 0.15) is 20.8 Å². The van der Waals surface area contributed by atoms with E-state index in [1.807, 2.05) is 30.5 Å². The van der Waals surface area contributed by atoms with Crippen LogP contribution in [0.5, 0.6) is 0 Å². The number of allylic oxidation sites excluding steroid dienone is 2. The Balaban J connectivity index is 2.12. The Kier molecular flexibility index (Phi) is 4.81. The van der Waals surface area contributed by atoms with Gasteiger partial charge in [-0.15, -0.1) is 11.3 Å². The van der Waals surface area contributed by atoms with Crippen LogP contribution < -0.4 is 0 Å². The summed E-state index contributed by atoms with van der Waals surface area (Å²) in [7, 11) is 0. The molecule has 1 heterocycles. The molecule has 1 nitrogen and oxygen atoms in total. The number of aryl methyl sites for hydroxylation is 1. The number of carbonyl (C=O) groups is 1. The average Bonchev–Trinajstić information content (AvgIpc) is 2.86. The summed E-state index contributed by atoms with van der Waals surface area (Å²) >= 11 is 13.5. The van der Waals surface area contributed by atoms with Crippen molar-refractivity contribution in [2.45, 2.75) is 13.3 Å². The van der Waals surface area contributed by atoms with E-state index in [9.17, 15) is 4.79 Å². The van der Waals surface area contributed by atoms with Crippen LogP contribution in [0.3, 0.4) is 0 Å². The quantitative estimate of drug-likeness (QED) is 0.550. The molecule has 0 N–H and O–H groups in total. The molecule has 0 spiro atoms. The SMILES string of the molecule is Cc1cc(Cl)c(Cl)cc1C(=O)C=CCc1cccs1. The highest BCUT2D eigenvalue weighted by Crippen LogP contribution is 2.26. The van der Waals surface area contributed by atoms with E-state index in [0.717, 1.165) is 12.0 Å². The Bertz CT molecular complexity index is 615. The number of hydrogen-bond acceptors (Lipinski definition) is 2. The lowest BCUT2D eigenvalue weighted by molar-refractivity contribution is 0.104. The number of rotatable bonds is 4. The summed E-state index contributed by atoms with van der Waals surface area (Å²) in [5, 5.41) is 2.90. The first-order valence-electron chi connectivity index (χ1n) is 5.77. The number of thiophene rings is 1. The summed E-state index contributed by atoms with van der Waals surface area (Å²) < 4.78 is 0. The highest BCUT2D eigenvalue weighted by molar-refractivity contribution is 7.09. The van der Waals surface area contributed by atoms with Gasteiger partial charge in [0.1, 0.15) is 0 Å². The van der Waals surface area contributed by atoms with Crippen molar-refractivity contribution in [1.82, 2.24) is 0 Å². The van der Waals surface area contributed by atoms with Gasteiger partial charge >= 0.3 is 0 Å². The Morgan fingerprint density at radius 1 is 1.32 bits per heavy atom. The van der Waals surface area contributed by atoms with Crippen LogP contribution in [0.15, 0.2) is 41.8 Å². The summed E-state index contributed by atoms with van der Waals surface area (Å²) in [5.74, 6) is -0.0485. The molecule has 0 atom stereocenters. The Hall–Kier alpha value is -1.09. The molecule has 98 valence electrons. The van der Waals surface area contributed by atoms with E-state index in [1.165, 1.54) is 4.88 Å². The molecule has 4 heteroatoms. The largest absolute Gasteiger partial charge is 0.289 e. The molecule has 0 amide bonds. The highest BCUT2D eigenvalue weighted by atomic mass is 35.5. The van der Waals surface area contributed by atoms with Gasteiger partial charge in [-0.3, -0.25) is 4.79 Å². The molecule has 0 saturated carbocycles. The molecule has 0 bridgehead atoms. The fourth-order valence-electron chi connectivity index (χ4n) is 1.71. The van der Waals surface area contributed by atoms with Crippen LogP contribution in [-0.4, -0.2) is 5.78 Å². The maximum absolute atomic E-state index is 12.1. The molecule has 19 heavy (non-hydrogen) atoms. The second-order valence-corrected chi connectivity index (χ2v) is 5.98. The zero-order valence-corrected chi connectivity index (χ0v) is 12.6. The van der Waals surface area contributed by atoms with Crippen molar-refractivity contribution >= 4 is 40.3 Å². The van der Waals surface area contributed by atoms with E-state index in [-0.39, 0.29) is 5.78 Å². The topological polar surface area (TPSA) is 17.1 Å². The predicted molar refractivity (Wildman–Crippen MR) is 82.7 cm³/mol. The number of hydrogen-bond donors (Lipinski definition) is 0. The summed E-state index contributed by atoms with van der Waals surface area (Å²) in [6.07, 6.45) is 4.23. The number of carbonyl (C=O) groups excluding carboxylic acids is 1. The molecule has 0 aliphatic heterocycles. The Morgan fingerprint density at radius 3 is 2.74 bits per heavy atom. The minimum Gasteiger partial charge on any atom is -0.289 e. The van der Waals surface area contributed by atoms with Gasteiger partial charge in [0.2, 0.25) is 0 Å². The van der Waals surface area contributed by atoms with Crippen molar-refractivity contribution in [3.63, 3.8) is 0 Å². The molecule has 1 aromatic heterocycles. The predicted octanol–water partition coefficient (Wildman–Crippen LogP) is 5.34. The van der Waals surface area contributed by atoms with Crippen molar-refractivity contribution in [3.8, 4) is 0 Å². The van der Waals surface area contributed by atoms with Gasteiger partial charge in [0.25, 0.3) is 0 Å². The van der Waals surface area contributed by atoms with E-state index < -0.39 is 0 Å². The van der Waals surface area contributed by atoms with E-state index in [0.29, 0.717) is 15.6 Å². The molecule has 2 rings (SSSR count). The summed E-state index contributed by atoms with van der Waals surface area (Å²) in [6, 6.07) is 7.38. The number of halogens is 2. The van der Waals surface area contributed by atoms with Gasteiger partial charge in [-0.25, -0.2) is 0 Å². The number of ketones is 1. The minimum absolute atomic E-state index is 0.0485. The van der Waals surface area contributed by atoms with Crippen molar-refractivity contribution in [2.24, 2.45) is 0 Å². The van der Waals surface area contributed by atoms with Crippen LogP contribution >= 0.6 is 34.5 Å². The lowest BCUT2D eigenvalue weighted by atomic mass is 10.0.